The summed E-state index contributed by atoms with van der Waals surface area (Å²) in [6.07, 6.45) is -3.39. The van der Waals surface area contributed by atoms with E-state index in [-0.39, 0.29) is 0 Å². The van der Waals surface area contributed by atoms with Gasteiger partial charge < -0.3 is 24.7 Å². The smallest absolute Gasteiger partial charge is 0.387 e. The number of nitrogens with zero attached hydrogens (tertiary/aromatic N) is 3. The normalized spacial score (nSPS) is 25.4. The highest BCUT2D eigenvalue weighted by Gasteiger charge is 2.45. The van der Waals surface area contributed by atoms with E-state index in [9.17, 15) is 14.8 Å². The lowest BCUT2D eigenvalue weighted by molar-refractivity contribution is -0.0586. The molecule has 0 amide bonds. The molecule has 0 bridgehead atoms. The molecule has 10 nitrogen and oxygen atoms in total. The zero-order valence-corrected chi connectivity index (χ0v) is 15.3. The topological polar surface area (TPSA) is 147 Å². The number of fused-ring (bicyclic) bond motifs is 1. The Morgan fingerprint density at radius 1 is 1.11 bits per heavy atom. The van der Waals surface area contributed by atoms with E-state index >= 15 is 0 Å². The number of aliphatic hydroxyl groups excluding tert-OH is 2. The van der Waals surface area contributed by atoms with Crippen LogP contribution in [0.3, 0.4) is 0 Å². The zero-order valence-electron chi connectivity index (χ0n) is 14.4. The lowest BCUT2D eigenvalue weighted by Crippen LogP contribution is -2.33. The van der Waals surface area contributed by atoms with Crippen molar-refractivity contribution in [1.29, 1.82) is 0 Å². The fourth-order valence-electron chi connectivity index (χ4n) is 3.23. The molecule has 28 heavy (non-hydrogen) atoms. The molecule has 2 aromatic carbocycles. The number of rotatable bonds is 5. The fraction of sp³-hybridized carbons (Fsp3) is 0.294. The number of hydrogen-bond donors (Lipinski definition) is 4. The molecule has 1 aliphatic rings. The summed E-state index contributed by atoms with van der Waals surface area (Å²) in [5, 5.41) is 30.5. The van der Waals surface area contributed by atoms with Gasteiger partial charge in [0.2, 0.25) is 0 Å². The van der Waals surface area contributed by atoms with E-state index in [1.807, 2.05) is 42.5 Å². The molecule has 0 spiro atoms. The van der Waals surface area contributed by atoms with Gasteiger partial charge in [-0.1, -0.05) is 47.7 Å². The molecular formula is C17H18N3O7P. The van der Waals surface area contributed by atoms with Crippen molar-refractivity contribution in [2.75, 3.05) is 6.61 Å². The molecule has 4 atom stereocenters. The van der Waals surface area contributed by atoms with Crippen LogP contribution in [-0.4, -0.2) is 59.9 Å². The Balaban J connectivity index is 1.58. The number of benzene rings is 2. The van der Waals surface area contributed by atoms with Crippen molar-refractivity contribution in [3.63, 3.8) is 0 Å². The molecular weight excluding hydrogens is 389 g/mol. The Labute approximate surface area is 159 Å². The predicted octanol–water partition coefficient (Wildman–Crippen LogP) is 0.827. The van der Waals surface area contributed by atoms with Crippen LogP contribution in [0.25, 0.3) is 22.0 Å². The minimum Gasteiger partial charge on any atom is -0.387 e. The maximum Gasteiger partial charge on any atom is 0.469 e. The van der Waals surface area contributed by atoms with Crippen molar-refractivity contribution in [3.8, 4) is 11.3 Å². The lowest BCUT2D eigenvalue weighted by atomic mass is 10.0. The van der Waals surface area contributed by atoms with Gasteiger partial charge in [-0.3, -0.25) is 4.52 Å². The molecule has 2 unspecified atom stereocenters. The summed E-state index contributed by atoms with van der Waals surface area (Å²) < 4.78 is 22.0. The molecule has 3 aromatic rings. The van der Waals surface area contributed by atoms with Crippen molar-refractivity contribution < 1.29 is 33.8 Å². The lowest BCUT2D eigenvalue weighted by Gasteiger charge is -2.14. The van der Waals surface area contributed by atoms with E-state index in [2.05, 4.69) is 14.8 Å². The van der Waals surface area contributed by atoms with Crippen LogP contribution in [0.2, 0.25) is 0 Å². The van der Waals surface area contributed by atoms with Crippen molar-refractivity contribution in [1.82, 2.24) is 15.0 Å². The average Bonchev–Trinajstić information content (AvgIpc) is 3.25. The maximum absolute atomic E-state index is 10.8. The van der Waals surface area contributed by atoms with E-state index in [0.717, 1.165) is 16.3 Å². The van der Waals surface area contributed by atoms with Gasteiger partial charge >= 0.3 is 7.82 Å². The van der Waals surface area contributed by atoms with Gasteiger partial charge in [0, 0.05) is 5.56 Å². The first-order chi connectivity index (χ1) is 13.3. The fourth-order valence-corrected chi connectivity index (χ4v) is 3.57. The van der Waals surface area contributed by atoms with Gasteiger partial charge in [-0.2, -0.15) is 0 Å². The molecule has 4 rings (SSSR count). The first-order valence-electron chi connectivity index (χ1n) is 8.45. The average molecular weight is 407 g/mol. The molecule has 1 aliphatic heterocycles. The number of phosphoric acid groups is 1. The molecule has 0 aliphatic carbocycles. The monoisotopic (exact) mass is 407 g/mol. The highest BCUT2D eigenvalue weighted by molar-refractivity contribution is 7.46. The van der Waals surface area contributed by atoms with Crippen LogP contribution in [0.5, 0.6) is 0 Å². The molecule has 0 saturated carbocycles. The number of aliphatic hydroxyl groups is 2. The maximum atomic E-state index is 10.8. The van der Waals surface area contributed by atoms with Crippen molar-refractivity contribution in [2.24, 2.45) is 0 Å². The second-order valence-electron chi connectivity index (χ2n) is 6.44. The van der Waals surface area contributed by atoms with Gasteiger partial charge in [0.05, 0.1) is 12.8 Å². The van der Waals surface area contributed by atoms with E-state index < -0.39 is 39.0 Å². The van der Waals surface area contributed by atoms with Gasteiger partial charge in [0.1, 0.15) is 24.0 Å². The Morgan fingerprint density at radius 3 is 2.64 bits per heavy atom. The van der Waals surface area contributed by atoms with Crippen LogP contribution >= 0.6 is 7.82 Å². The third-order valence-electron chi connectivity index (χ3n) is 4.58. The summed E-state index contributed by atoms with van der Waals surface area (Å²) in [5.74, 6) is 0. The molecule has 11 heteroatoms. The van der Waals surface area contributed by atoms with Crippen LogP contribution in [0.4, 0.5) is 0 Å². The SMILES string of the molecule is O=P(O)(O)OC[C@H]1O[C@@H](n2cc(-c3cccc4ccccc34)nn2)C(O)C1O. The van der Waals surface area contributed by atoms with Crippen LogP contribution in [0.15, 0.2) is 48.7 Å². The van der Waals surface area contributed by atoms with E-state index in [0.29, 0.717) is 5.69 Å². The first-order valence-corrected chi connectivity index (χ1v) is 9.98. The molecule has 4 N–H and O–H groups in total. The highest BCUT2D eigenvalue weighted by atomic mass is 31.2. The van der Waals surface area contributed by atoms with Crippen LogP contribution in [0.1, 0.15) is 6.23 Å². The van der Waals surface area contributed by atoms with Crippen LogP contribution < -0.4 is 0 Å². The van der Waals surface area contributed by atoms with Crippen molar-refractivity contribution in [3.05, 3.63) is 48.7 Å². The second kappa shape index (κ2) is 7.34. The number of aromatic nitrogens is 3. The van der Waals surface area contributed by atoms with Gasteiger partial charge in [-0.05, 0) is 10.8 Å². The van der Waals surface area contributed by atoms with Crippen molar-refractivity contribution in [2.45, 2.75) is 24.5 Å². The summed E-state index contributed by atoms with van der Waals surface area (Å²) in [4.78, 5) is 17.6. The zero-order chi connectivity index (χ0) is 19.9. The third kappa shape index (κ3) is 3.71. The Hall–Kier alpha value is -2.17. The van der Waals surface area contributed by atoms with Crippen LogP contribution in [0, 0.1) is 0 Å². The number of ether oxygens (including phenoxy) is 1. The third-order valence-corrected chi connectivity index (χ3v) is 5.07. The minimum atomic E-state index is -4.72. The molecule has 0 radical (unpaired) electrons. The molecule has 1 aromatic heterocycles. The molecule has 1 saturated heterocycles. The van der Waals surface area contributed by atoms with E-state index in [1.54, 1.807) is 6.20 Å². The van der Waals surface area contributed by atoms with Crippen LogP contribution in [-0.2, 0) is 13.8 Å². The first kappa shape index (κ1) is 19.2. The summed E-state index contributed by atoms with van der Waals surface area (Å²) in [6.45, 7) is -0.579. The Kier molecular flexibility index (Phi) is 5.02. The van der Waals surface area contributed by atoms with Gasteiger partial charge in [-0.15, -0.1) is 5.10 Å². The van der Waals surface area contributed by atoms with Gasteiger partial charge in [0.15, 0.2) is 6.23 Å². The molecule has 2 heterocycles. The predicted molar refractivity (Wildman–Crippen MR) is 96.9 cm³/mol. The highest BCUT2D eigenvalue weighted by Crippen LogP contribution is 2.38. The largest absolute Gasteiger partial charge is 0.469 e. The second-order valence-corrected chi connectivity index (χ2v) is 7.68. The standard InChI is InChI=1S/C17H18N3O7P/c21-15-14(9-26-28(23,24)25)27-17(16(15)22)20-8-13(18-19-20)12-7-3-5-10-4-1-2-6-11(10)12/h1-8,14-17,21-22H,9H2,(H2,23,24,25)/t14-,15?,16?,17-/m1/s1. The van der Waals surface area contributed by atoms with Gasteiger partial charge in [0.25, 0.3) is 0 Å². The number of phosphoric ester groups is 1. The van der Waals surface area contributed by atoms with Gasteiger partial charge in [-0.25, -0.2) is 9.25 Å². The minimum absolute atomic E-state index is 0.553. The molecule has 1 fully saturated rings. The summed E-state index contributed by atoms with van der Waals surface area (Å²) in [6, 6.07) is 13.6. The summed E-state index contributed by atoms with van der Waals surface area (Å²) in [5.41, 5.74) is 1.40. The van der Waals surface area contributed by atoms with Crippen molar-refractivity contribution >= 4 is 18.6 Å². The summed E-state index contributed by atoms with van der Waals surface area (Å²) in [7, 11) is -4.72. The molecule has 148 valence electrons. The summed E-state index contributed by atoms with van der Waals surface area (Å²) >= 11 is 0. The Morgan fingerprint density at radius 2 is 1.86 bits per heavy atom. The Bertz CT molecular complexity index is 1030. The number of hydrogen-bond acceptors (Lipinski definition) is 7. The van der Waals surface area contributed by atoms with E-state index in [4.69, 9.17) is 14.5 Å². The van der Waals surface area contributed by atoms with E-state index in [1.165, 1.54) is 4.68 Å². The quantitative estimate of drug-likeness (QED) is 0.451.